The van der Waals surface area contributed by atoms with Crippen molar-refractivity contribution in [2.45, 2.75) is 38.6 Å². The van der Waals surface area contributed by atoms with Crippen LogP contribution in [-0.4, -0.2) is 61.6 Å². The Hall–Kier alpha value is -3.43. The van der Waals surface area contributed by atoms with Gasteiger partial charge in [0.05, 0.1) is 19.2 Å². The van der Waals surface area contributed by atoms with Gasteiger partial charge in [-0.3, -0.25) is 9.59 Å². The minimum absolute atomic E-state index is 0.00551. The highest BCUT2D eigenvalue weighted by Crippen LogP contribution is 2.40. The highest BCUT2D eigenvalue weighted by atomic mass is 16.5. The van der Waals surface area contributed by atoms with Crippen molar-refractivity contribution in [1.29, 1.82) is 0 Å². The largest absolute Gasteiger partial charge is 0.495 e. The molecule has 194 valence electrons. The molecular formula is C27H36N4O5. The molecule has 3 rings (SSSR count). The van der Waals surface area contributed by atoms with E-state index in [1.54, 1.807) is 26.1 Å². The number of Topliss-reactive ketones (excluding diaryl/α,β-unsaturated/α-hetero) is 1. The summed E-state index contributed by atoms with van der Waals surface area (Å²) >= 11 is 0. The standard InChI is InChI=1S/C27H36N4O5/c1-18-7-5-6-8-22(18)29-26(35)30-23-10-9-21(17-24(23)36-4)27(28-3,19(2)32)20-11-14-31(15-12-20)16-13-25(33)34/h5-10,17,20,28H,11-16H2,1-4H3,(H,33,34)(H2,29,30,35). The van der Waals surface area contributed by atoms with Gasteiger partial charge in [-0.25, -0.2) is 4.79 Å². The molecule has 0 radical (unpaired) electrons. The summed E-state index contributed by atoms with van der Waals surface area (Å²) in [6, 6.07) is 12.5. The van der Waals surface area contributed by atoms with E-state index in [1.165, 1.54) is 7.11 Å². The SMILES string of the molecule is CNC(C(C)=O)(c1ccc(NC(=O)Nc2ccccc2C)c(OC)c1)C1CCN(CCC(=O)O)CC1. The number of aryl methyl sites for hydroxylation is 1. The van der Waals surface area contributed by atoms with Crippen LogP contribution in [0.5, 0.6) is 5.75 Å². The molecule has 9 nitrogen and oxygen atoms in total. The van der Waals surface area contributed by atoms with Crippen molar-refractivity contribution in [3.05, 3.63) is 53.6 Å². The van der Waals surface area contributed by atoms with Crippen LogP contribution < -0.4 is 20.7 Å². The molecule has 0 aliphatic carbocycles. The van der Waals surface area contributed by atoms with E-state index in [4.69, 9.17) is 9.84 Å². The average Bonchev–Trinajstić information content (AvgIpc) is 2.86. The van der Waals surface area contributed by atoms with Gasteiger partial charge >= 0.3 is 12.0 Å². The van der Waals surface area contributed by atoms with Gasteiger partial charge in [-0.1, -0.05) is 24.3 Å². The predicted octanol–water partition coefficient (Wildman–Crippen LogP) is 3.84. The van der Waals surface area contributed by atoms with Gasteiger partial charge in [0.1, 0.15) is 11.3 Å². The number of likely N-dealkylation sites (tertiary alicyclic amines) is 1. The molecule has 1 aliphatic heterocycles. The molecule has 4 N–H and O–H groups in total. The first-order valence-corrected chi connectivity index (χ1v) is 12.2. The number of carboxylic acids is 1. The van der Waals surface area contributed by atoms with Crippen molar-refractivity contribution in [3.8, 4) is 5.75 Å². The van der Waals surface area contributed by atoms with E-state index < -0.39 is 17.5 Å². The summed E-state index contributed by atoms with van der Waals surface area (Å²) < 4.78 is 5.59. The van der Waals surface area contributed by atoms with Crippen molar-refractivity contribution in [3.63, 3.8) is 0 Å². The Morgan fingerprint density at radius 2 is 1.75 bits per heavy atom. The fourth-order valence-corrected chi connectivity index (χ4v) is 5.12. The lowest BCUT2D eigenvalue weighted by atomic mass is 9.71. The molecule has 0 saturated carbocycles. The summed E-state index contributed by atoms with van der Waals surface area (Å²) in [6.07, 6.45) is 1.61. The second-order valence-corrected chi connectivity index (χ2v) is 9.18. The highest BCUT2D eigenvalue weighted by molar-refractivity contribution is 6.01. The number of piperidine rings is 1. The quantitative estimate of drug-likeness (QED) is 0.394. The number of carbonyl (C=O) groups excluding carboxylic acids is 2. The van der Waals surface area contributed by atoms with E-state index in [0.717, 1.165) is 37.1 Å². The van der Waals surface area contributed by atoms with Crippen LogP contribution in [0.4, 0.5) is 16.2 Å². The molecule has 1 unspecified atom stereocenters. The summed E-state index contributed by atoms with van der Waals surface area (Å²) in [5.74, 6) is -0.339. The molecule has 0 spiro atoms. The van der Waals surface area contributed by atoms with E-state index in [9.17, 15) is 14.4 Å². The maximum Gasteiger partial charge on any atom is 0.323 e. The van der Waals surface area contributed by atoms with Gasteiger partial charge in [-0.2, -0.15) is 0 Å². The molecule has 0 aromatic heterocycles. The number of nitrogens with one attached hydrogen (secondary N) is 3. The van der Waals surface area contributed by atoms with Crippen LogP contribution in [0.1, 0.15) is 37.3 Å². The molecule has 1 saturated heterocycles. The van der Waals surface area contributed by atoms with Crippen molar-refractivity contribution in [2.24, 2.45) is 5.92 Å². The summed E-state index contributed by atoms with van der Waals surface area (Å²) in [4.78, 5) is 38.8. The van der Waals surface area contributed by atoms with Gasteiger partial charge in [0.2, 0.25) is 0 Å². The Bertz CT molecular complexity index is 1100. The molecule has 1 fully saturated rings. The molecule has 2 amide bonds. The summed E-state index contributed by atoms with van der Waals surface area (Å²) in [6.45, 7) is 5.46. The highest BCUT2D eigenvalue weighted by Gasteiger charge is 2.45. The zero-order valence-corrected chi connectivity index (χ0v) is 21.4. The number of carbonyl (C=O) groups is 3. The minimum Gasteiger partial charge on any atom is -0.495 e. The number of amides is 2. The van der Waals surface area contributed by atoms with Crippen molar-refractivity contribution < 1.29 is 24.2 Å². The first kappa shape index (κ1) is 27.2. The lowest BCUT2D eigenvalue weighted by Gasteiger charge is -2.43. The monoisotopic (exact) mass is 496 g/mol. The Balaban J connectivity index is 1.80. The average molecular weight is 497 g/mol. The van der Waals surface area contributed by atoms with E-state index in [0.29, 0.717) is 23.7 Å². The number of anilines is 2. The summed E-state index contributed by atoms with van der Waals surface area (Å²) in [7, 11) is 3.31. The number of ether oxygens (including phenoxy) is 1. The summed E-state index contributed by atoms with van der Waals surface area (Å²) in [5.41, 5.74) is 2.00. The van der Waals surface area contributed by atoms with E-state index in [2.05, 4.69) is 20.9 Å². The Morgan fingerprint density at radius 1 is 1.08 bits per heavy atom. The van der Waals surface area contributed by atoms with E-state index in [1.807, 2.05) is 37.3 Å². The van der Waals surface area contributed by atoms with Gasteiger partial charge in [-0.05, 0) is 82.1 Å². The van der Waals surface area contributed by atoms with Crippen LogP contribution in [-0.2, 0) is 15.1 Å². The van der Waals surface area contributed by atoms with Crippen LogP contribution in [0.2, 0.25) is 0 Å². The number of nitrogens with zero attached hydrogens (tertiary/aromatic N) is 1. The Labute approximate surface area is 212 Å². The molecule has 9 heteroatoms. The first-order valence-electron chi connectivity index (χ1n) is 12.2. The number of carboxylic acid groups (broad SMARTS) is 1. The number of para-hydroxylation sites is 1. The van der Waals surface area contributed by atoms with Gasteiger partial charge < -0.3 is 30.7 Å². The summed E-state index contributed by atoms with van der Waals surface area (Å²) in [5, 5.41) is 18.0. The number of hydrogen-bond donors (Lipinski definition) is 4. The van der Waals surface area contributed by atoms with Crippen LogP contribution in [0, 0.1) is 12.8 Å². The van der Waals surface area contributed by atoms with E-state index in [-0.39, 0.29) is 18.1 Å². The van der Waals surface area contributed by atoms with Crippen molar-refractivity contribution in [2.75, 3.05) is 44.4 Å². The number of aliphatic carboxylic acids is 1. The fourth-order valence-electron chi connectivity index (χ4n) is 5.12. The van der Waals surface area contributed by atoms with Gasteiger partial charge in [0, 0.05) is 12.2 Å². The molecule has 1 atom stereocenters. The maximum absolute atomic E-state index is 13.1. The smallest absolute Gasteiger partial charge is 0.323 e. The number of urea groups is 1. The number of likely N-dealkylation sites (N-methyl/N-ethyl adjacent to an activating group) is 1. The normalized spacial score (nSPS) is 16.1. The minimum atomic E-state index is -0.923. The van der Waals surface area contributed by atoms with Crippen LogP contribution in [0.25, 0.3) is 0 Å². The third-order valence-electron chi connectivity index (χ3n) is 7.09. The van der Waals surface area contributed by atoms with Crippen molar-refractivity contribution in [1.82, 2.24) is 10.2 Å². The van der Waals surface area contributed by atoms with Crippen LogP contribution in [0.15, 0.2) is 42.5 Å². The lowest BCUT2D eigenvalue weighted by Crippen LogP contribution is -2.55. The molecule has 2 aromatic carbocycles. The molecule has 0 bridgehead atoms. The second kappa shape index (κ2) is 12.0. The Kier molecular flexibility index (Phi) is 9.06. The number of rotatable bonds is 10. The van der Waals surface area contributed by atoms with Gasteiger partial charge in [-0.15, -0.1) is 0 Å². The van der Waals surface area contributed by atoms with Crippen LogP contribution in [0.3, 0.4) is 0 Å². The van der Waals surface area contributed by atoms with Crippen molar-refractivity contribution >= 4 is 29.2 Å². The molecule has 36 heavy (non-hydrogen) atoms. The van der Waals surface area contributed by atoms with E-state index >= 15 is 0 Å². The van der Waals surface area contributed by atoms with Gasteiger partial charge in [0.25, 0.3) is 0 Å². The lowest BCUT2D eigenvalue weighted by molar-refractivity contribution is -0.137. The fraction of sp³-hybridized carbons (Fsp3) is 0.444. The zero-order chi connectivity index (χ0) is 26.3. The molecular weight excluding hydrogens is 460 g/mol. The number of ketones is 1. The predicted molar refractivity (Wildman–Crippen MR) is 140 cm³/mol. The molecule has 1 heterocycles. The second-order valence-electron chi connectivity index (χ2n) is 9.18. The zero-order valence-electron chi connectivity index (χ0n) is 21.4. The molecule has 2 aromatic rings. The Morgan fingerprint density at radius 3 is 2.33 bits per heavy atom. The number of benzene rings is 2. The topological polar surface area (TPSA) is 120 Å². The number of methoxy groups -OCH3 is 1. The van der Waals surface area contributed by atoms with Crippen LogP contribution >= 0.6 is 0 Å². The third kappa shape index (κ3) is 6.03. The third-order valence-corrected chi connectivity index (χ3v) is 7.09. The molecule has 1 aliphatic rings. The first-order chi connectivity index (χ1) is 17.2. The maximum atomic E-state index is 13.1. The van der Waals surface area contributed by atoms with Gasteiger partial charge in [0.15, 0.2) is 5.78 Å². The number of hydrogen-bond acceptors (Lipinski definition) is 6.